The van der Waals surface area contributed by atoms with Crippen LogP contribution in [0.4, 0.5) is 5.82 Å². The van der Waals surface area contributed by atoms with E-state index in [2.05, 4.69) is 39.4 Å². The fourth-order valence-electron chi connectivity index (χ4n) is 4.45. The molecule has 0 bridgehead atoms. The number of nitrogens with one attached hydrogen (secondary N) is 2. The summed E-state index contributed by atoms with van der Waals surface area (Å²) in [7, 11) is 0. The van der Waals surface area contributed by atoms with Gasteiger partial charge in [-0.15, -0.1) is 0 Å². The maximum Gasteiger partial charge on any atom is 0.289 e. The molecule has 8 nitrogen and oxygen atoms in total. The first kappa shape index (κ1) is 24.7. The Labute approximate surface area is 197 Å². The summed E-state index contributed by atoms with van der Waals surface area (Å²) < 4.78 is 0. The summed E-state index contributed by atoms with van der Waals surface area (Å²) in [6.07, 6.45) is 7.20. The first-order valence-corrected chi connectivity index (χ1v) is 12.2. The van der Waals surface area contributed by atoms with Gasteiger partial charge in [0.1, 0.15) is 5.82 Å². The second-order valence-electron chi connectivity index (χ2n) is 9.77. The van der Waals surface area contributed by atoms with Crippen molar-refractivity contribution in [3.05, 3.63) is 29.6 Å². The lowest BCUT2D eigenvalue weighted by Gasteiger charge is -2.30. The average molecular weight is 454 g/mol. The molecular formula is C25H39N7O. The van der Waals surface area contributed by atoms with E-state index in [1.54, 1.807) is 0 Å². The number of rotatable bonds is 9. The Hall–Kier alpha value is -2.90. The summed E-state index contributed by atoms with van der Waals surface area (Å²) in [4.78, 5) is 26.7. The number of carbonyl (C=O) groups excluding carboxylic acids is 1. The van der Waals surface area contributed by atoms with Gasteiger partial charge >= 0.3 is 0 Å². The molecule has 0 radical (unpaired) electrons. The summed E-state index contributed by atoms with van der Waals surface area (Å²) in [5.74, 6) is 1.35. The molecule has 3 atom stereocenters. The van der Waals surface area contributed by atoms with Crippen molar-refractivity contribution in [3.63, 3.8) is 0 Å². The quantitative estimate of drug-likeness (QED) is 0.337. The van der Waals surface area contributed by atoms with Crippen LogP contribution in [-0.4, -0.2) is 40.0 Å². The van der Waals surface area contributed by atoms with E-state index < -0.39 is 0 Å². The van der Waals surface area contributed by atoms with Crippen molar-refractivity contribution in [3.8, 4) is 0 Å². The Morgan fingerprint density at radius 1 is 1.15 bits per heavy atom. The highest BCUT2D eigenvalue weighted by Crippen LogP contribution is 2.28. The highest BCUT2D eigenvalue weighted by atomic mass is 16.2. The minimum atomic E-state index is -0.248. The van der Waals surface area contributed by atoms with Crippen LogP contribution >= 0.6 is 0 Å². The molecule has 1 aromatic carbocycles. The van der Waals surface area contributed by atoms with Gasteiger partial charge in [0.25, 0.3) is 5.91 Å². The van der Waals surface area contributed by atoms with E-state index in [0.29, 0.717) is 11.7 Å². The smallest absolute Gasteiger partial charge is 0.289 e. The number of hydrogen-bond acceptors (Lipinski definition) is 5. The largest absolute Gasteiger partial charge is 0.370 e. The number of benzene rings is 1. The van der Waals surface area contributed by atoms with E-state index >= 15 is 0 Å². The Morgan fingerprint density at radius 2 is 1.91 bits per heavy atom. The maximum absolute atomic E-state index is 13.0. The van der Waals surface area contributed by atoms with Crippen LogP contribution in [0.2, 0.25) is 0 Å². The number of amides is 1. The molecule has 1 amide bonds. The fourth-order valence-corrected chi connectivity index (χ4v) is 4.45. The molecule has 1 aromatic heterocycles. The van der Waals surface area contributed by atoms with Gasteiger partial charge in [0.15, 0.2) is 5.96 Å². The molecule has 1 aliphatic rings. The molecule has 2 aromatic rings. The van der Waals surface area contributed by atoms with Gasteiger partial charge in [-0.1, -0.05) is 51.2 Å². The van der Waals surface area contributed by atoms with Crippen molar-refractivity contribution in [2.24, 2.45) is 22.4 Å². The van der Waals surface area contributed by atoms with Crippen molar-refractivity contribution in [2.75, 3.05) is 5.32 Å². The number of nitrogens with zero attached hydrogens (tertiary/aromatic N) is 3. The zero-order chi connectivity index (χ0) is 24.0. The van der Waals surface area contributed by atoms with Crippen molar-refractivity contribution in [2.45, 2.75) is 90.8 Å². The Morgan fingerprint density at radius 3 is 2.64 bits per heavy atom. The second-order valence-corrected chi connectivity index (χ2v) is 9.77. The third-order valence-corrected chi connectivity index (χ3v) is 6.22. The van der Waals surface area contributed by atoms with E-state index in [4.69, 9.17) is 11.5 Å². The molecule has 8 heteroatoms. The first-order valence-electron chi connectivity index (χ1n) is 12.2. The Kier molecular flexibility index (Phi) is 8.47. The van der Waals surface area contributed by atoms with Crippen molar-refractivity contribution < 1.29 is 4.79 Å². The van der Waals surface area contributed by atoms with Crippen molar-refractivity contribution in [1.29, 1.82) is 0 Å². The lowest BCUT2D eigenvalue weighted by atomic mass is 9.90. The SMILES string of the molecule is Cc1ccc2nc(C(=O)NC(C)CCCC(C)C)nc(NC3CCCCC3N=C(N)N)c2c1. The van der Waals surface area contributed by atoms with E-state index in [1.165, 1.54) is 0 Å². The fraction of sp³-hybridized carbons (Fsp3) is 0.600. The molecule has 0 spiro atoms. The summed E-state index contributed by atoms with van der Waals surface area (Å²) in [6, 6.07) is 6.08. The number of anilines is 1. The molecule has 1 saturated carbocycles. The monoisotopic (exact) mass is 453 g/mol. The summed E-state index contributed by atoms with van der Waals surface area (Å²) in [5.41, 5.74) is 13.2. The summed E-state index contributed by atoms with van der Waals surface area (Å²) in [6.45, 7) is 8.49. The maximum atomic E-state index is 13.0. The van der Waals surface area contributed by atoms with E-state index in [1.807, 2.05) is 32.0 Å². The third-order valence-electron chi connectivity index (χ3n) is 6.22. The zero-order valence-corrected chi connectivity index (χ0v) is 20.4. The highest BCUT2D eigenvalue weighted by molar-refractivity contribution is 5.96. The van der Waals surface area contributed by atoms with Crippen LogP contribution in [0.3, 0.4) is 0 Å². The molecule has 6 N–H and O–H groups in total. The molecule has 3 unspecified atom stereocenters. The van der Waals surface area contributed by atoms with Gasteiger partial charge in [-0.2, -0.15) is 0 Å². The Balaban J connectivity index is 1.85. The number of carbonyl (C=O) groups is 1. The Bertz CT molecular complexity index is 984. The van der Waals surface area contributed by atoms with Crippen LogP contribution < -0.4 is 22.1 Å². The second kappa shape index (κ2) is 11.3. The molecule has 180 valence electrons. The third kappa shape index (κ3) is 7.04. The van der Waals surface area contributed by atoms with Crippen molar-refractivity contribution >= 4 is 28.6 Å². The summed E-state index contributed by atoms with van der Waals surface area (Å²) >= 11 is 0. The normalized spacial score (nSPS) is 19.3. The predicted molar refractivity (Wildman–Crippen MR) is 135 cm³/mol. The van der Waals surface area contributed by atoms with Crippen LogP contribution in [0.25, 0.3) is 10.9 Å². The van der Waals surface area contributed by atoms with Gasteiger partial charge in [-0.25, -0.2) is 15.0 Å². The number of nitrogens with two attached hydrogens (primary N) is 2. The standard InChI is InChI=1S/C25H39N7O/c1-15(2)8-7-9-17(4)28-24(33)23-29-19-13-12-16(3)14-18(19)22(32-23)30-20-10-5-6-11-21(20)31-25(26)27/h12-15,17,20-21H,5-11H2,1-4H3,(H,28,33)(H4,26,27,31)(H,29,30,32). The van der Waals surface area contributed by atoms with Gasteiger partial charge in [-0.05, 0) is 51.2 Å². The topological polar surface area (TPSA) is 131 Å². The molecule has 0 saturated heterocycles. The van der Waals surface area contributed by atoms with E-state index in [0.717, 1.165) is 61.4 Å². The zero-order valence-electron chi connectivity index (χ0n) is 20.4. The van der Waals surface area contributed by atoms with E-state index in [-0.39, 0.29) is 35.8 Å². The van der Waals surface area contributed by atoms with Gasteiger partial charge < -0.3 is 22.1 Å². The first-order chi connectivity index (χ1) is 15.7. The lowest BCUT2D eigenvalue weighted by molar-refractivity contribution is 0.0927. The van der Waals surface area contributed by atoms with Crippen molar-refractivity contribution in [1.82, 2.24) is 15.3 Å². The van der Waals surface area contributed by atoms with Gasteiger partial charge in [-0.3, -0.25) is 4.79 Å². The average Bonchev–Trinajstić information content (AvgIpc) is 2.74. The van der Waals surface area contributed by atoms with Crippen LogP contribution in [0, 0.1) is 12.8 Å². The molecule has 1 heterocycles. The molecule has 0 aliphatic heterocycles. The van der Waals surface area contributed by atoms with Gasteiger partial charge in [0.05, 0.1) is 17.6 Å². The number of aryl methyl sites for hydroxylation is 1. The number of aromatic nitrogens is 2. The van der Waals surface area contributed by atoms with Crippen LogP contribution in [0.5, 0.6) is 0 Å². The van der Waals surface area contributed by atoms with Crippen LogP contribution in [0.15, 0.2) is 23.2 Å². The minimum Gasteiger partial charge on any atom is -0.370 e. The highest BCUT2D eigenvalue weighted by Gasteiger charge is 2.26. The summed E-state index contributed by atoms with van der Waals surface area (Å²) in [5, 5.41) is 7.51. The van der Waals surface area contributed by atoms with E-state index in [9.17, 15) is 4.79 Å². The molecule has 1 aliphatic carbocycles. The lowest BCUT2D eigenvalue weighted by Crippen LogP contribution is -2.39. The number of hydrogen-bond donors (Lipinski definition) is 4. The number of guanidine groups is 1. The number of aliphatic imine (C=N–C) groups is 1. The number of fused-ring (bicyclic) bond motifs is 1. The molecular weight excluding hydrogens is 414 g/mol. The molecule has 1 fully saturated rings. The van der Waals surface area contributed by atoms with Gasteiger partial charge in [0.2, 0.25) is 5.82 Å². The predicted octanol–water partition coefficient (Wildman–Crippen LogP) is 3.88. The minimum absolute atomic E-state index is 0.0168. The van der Waals surface area contributed by atoms with Crippen LogP contribution in [-0.2, 0) is 0 Å². The van der Waals surface area contributed by atoms with Gasteiger partial charge in [0, 0.05) is 11.4 Å². The molecule has 33 heavy (non-hydrogen) atoms. The van der Waals surface area contributed by atoms with Crippen LogP contribution in [0.1, 0.15) is 81.9 Å². The molecule has 3 rings (SSSR count).